The maximum Gasteiger partial charge on any atom is 0.487 e. The Labute approximate surface area is 579 Å². The van der Waals surface area contributed by atoms with Crippen molar-refractivity contribution in [2.24, 2.45) is 0 Å². The van der Waals surface area contributed by atoms with Gasteiger partial charge in [0.2, 0.25) is 0 Å². The van der Waals surface area contributed by atoms with Gasteiger partial charge in [-0.2, -0.15) is 105 Å². The van der Waals surface area contributed by atoms with Crippen LogP contribution in [0.1, 0.15) is 37.5 Å². The molecule has 0 spiro atoms. The van der Waals surface area contributed by atoms with Crippen molar-refractivity contribution >= 4 is 65.2 Å². The smallest absolute Gasteiger partial charge is 0.289 e. The van der Waals surface area contributed by atoms with E-state index in [1.54, 1.807) is 11.8 Å². The topological polar surface area (TPSA) is 34.1 Å². The minimum atomic E-state index is -6.06. The molecule has 0 saturated carbocycles. The van der Waals surface area contributed by atoms with Gasteiger partial charge in [-0.05, 0) is 94.8 Å². The van der Waals surface area contributed by atoms with Gasteiger partial charge in [-0.3, -0.25) is 9.59 Å². The zero-order valence-corrected chi connectivity index (χ0v) is 54.6. The number of carbonyl (C=O) groups excluding carboxylic acids is 2. The molecule has 0 fully saturated rings. The molecule has 1 unspecified atom stereocenters. The first kappa shape index (κ1) is 87.5. The Morgan fingerprint density at radius 3 is 0.880 bits per heavy atom. The Hall–Kier alpha value is -10.5. The number of benzene rings is 6. The fourth-order valence-electron chi connectivity index (χ4n) is 5.79. The predicted molar refractivity (Wildman–Crippen MR) is 340 cm³/mol. The molecule has 0 saturated heterocycles. The zero-order valence-electron chi connectivity index (χ0n) is 49.0. The van der Waals surface area contributed by atoms with Gasteiger partial charge in [0.15, 0.2) is 26.3 Å². The molecule has 0 aliphatic heterocycles. The van der Waals surface area contributed by atoms with Crippen LogP contribution in [-0.2, 0) is 10.9 Å². The molecule has 30 heteroatoms. The Morgan fingerprint density at radius 2 is 0.590 bits per heavy atom. The van der Waals surface area contributed by atoms with Crippen molar-refractivity contribution in [1.82, 2.24) is 0 Å². The molecular weight excluding hydrogens is 1540 g/mol. The second kappa shape index (κ2) is 40.4. The van der Waals surface area contributed by atoms with Gasteiger partial charge in [-0.1, -0.05) is 90.6 Å². The van der Waals surface area contributed by atoms with E-state index in [2.05, 4.69) is 189 Å². The maximum atomic E-state index is 13.0. The van der Waals surface area contributed by atoms with Crippen molar-refractivity contribution < 1.29 is 121 Å². The Bertz CT molecular complexity index is 4140. The summed E-state index contributed by atoms with van der Waals surface area (Å²) < 4.78 is 263. The third-order valence-electron chi connectivity index (χ3n) is 10.1. The fraction of sp³-hybridized carbons (Fsp3) is 0.114. The molecule has 0 aromatic heterocycles. The normalized spacial score (nSPS) is 10.8. The van der Waals surface area contributed by atoms with E-state index in [1.807, 2.05) is 97.1 Å². The summed E-state index contributed by atoms with van der Waals surface area (Å²) in [6, 6.07) is 51.7. The molecule has 0 N–H and O–H groups in total. The quantitative estimate of drug-likeness (QED) is 0.0476. The van der Waals surface area contributed by atoms with Crippen molar-refractivity contribution in [3.8, 4) is 138 Å². The van der Waals surface area contributed by atoms with Gasteiger partial charge < -0.3 is 0 Å². The summed E-state index contributed by atoms with van der Waals surface area (Å²) in [5.74, 6) is 38.6. The van der Waals surface area contributed by atoms with Crippen LogP contribution in [0.2, 0.25) is 0 Å². The van der Waals surface area contributed by atoms with E-state index in [1.165, 1.54) is 9.79 Å². The summed E-state index contributed by atoms with van der Waals surface area (Å²) in [7, 11) is -0.331. The van der Waals surface area contributed by atoms with Crippen molar-refractivity contribution in [2.75, 3.05) is 0 Å². The fourth-order valence-corrected chi connectivity index (χ4v) is 12.8. The Kier molecular flexibility index (Phi) is 35.4. The van der Waals surface area contributed by atoms with E-state index >= 15 is 0 Å². The van der Waals surface area contributed by atoms with Crippen LogP contribution < -0.4 is 0 Å². The number of carbonyl (C=O) groups is 2. The molecule has 100 heavy (non-hydrogen) atoms. The summed E-state index contributed by atoms with van der Waals surface area (Å²) in [5.41, 5.74) is 2.69. The molecule has 0 heterocycles. The van der Waals surface area contributed by atoms with Crippen LogP contribution in [0.5, 0.6) is 0 Å². The molecule has 0 radical (unpaired) electrons. The third-order valence-corrected chi connectivity index (χ3v) is 18.8. The number of terminal acetylenes is 4. The van der Waals surface area contributed by atoms with Gasteiger partial charge in [0, 0.05) is 42.2 Å². The first-order valence-electron chi connectivity index (χ1n) is 25.6. The molecule has 520 valence electrons. The van der Waals surface area contributed by atoms with Gasteiger partial charge in [-0.15, -0.1) is 0 Å². The third kappa shape index (κ3) is 32.3. The summed E-state index contributed by atoms with van der Waals surface area (Å²) in [6.45, 7) is 0. The SMILES string of the molecule is C#CC#CC#[C][Ga-]([C]#CC#CC#C)([C]#CC#CC#C)[C]#CC#CC#C.FC(F)(F)C(F)(F)F.FC(F)(F)C(F)(F)F.FC(F)(F)C(F)(F)F.FC(F)(F)C(F)(F)F.O=C(c1ccccc1)c1ccc([S+](c2ccccc2)c2ccc(Sc3ccc(C(=O)c4ccccc4)c(Br)c3)cc2)cc1.[HH].[HH].[HH].[HH]. The number of hydrogen-bond donors (Lipinski definition) is 0. The van der Waals surface area contributed by atoms with Crippen LogP contribution in [0.3, 0.4) is 0 Å². The van der Waals surface area contributed by atoms with Crippen LogP contribution in [0.4, 0.5) is 105 Å². The molecule has 0 bridgehead atoms. The van der Waals surface area contributed by atoms with E-state index in [0.717, 1.165) is 19.2 Å². The zero-order chi connectivity index (χ0) is 76.2. The van der Waals surface area contributed by atoms with Crippen LogP contribution in [0.15, 0.2) is 187 Å². The van der Waals surface area contributed by atoms with E-state index in [-0.39, 0.29) is 28.2 Å². The Morgan fingerprint density at radius 1 is 0.330 bits per heavy atom. The van der Waals surface area contributed by atoms with Crippen molar-refractivity contribution in [1.29, 1.82) is 0 Å². The molecule has 6 rings (SSSR count). The minimum absolute atomic E-state index is 0. The van der Waals surface area contributed by atoms with Crippen LogP contribution in [-0.4, -0.2) is 76.0 Å². The summed E-state index contributed by atoms with van der Waals surface area (Å²) >= 11 is 1.36. The summed E-state index contributed by atoms with van der Waals surface area (Å²) in [6.07, 6.45) is -28.3. The predicted octanol–water partition coefficient (Wildman–Crippen LogP) is 19.7. The van der Waals surface area contributed by atoms with Gasteiger partial charge in [0.05, 0.1) is 10.9 Å². The average Bonchev–Trinajstić information content (AvgIpc) is 0.814. The number of ketones is 2. The van der Waals surface area contributed by atoms with E-state index < -0.39 is 64.4 Å². The number of rotatable bonds is 9. The van der Waals surface area contributed by atoms with E-state index in [9.17, 15) is 115 Å². The molecule has 0 aliphatic carbocycles. The molecule has 2 nitrogen and oxygen atoms in total. The first-order valence-corrected chi connectivity index (χ1v) is 33.3. The van der Waals surface area contributed by atoms with Crippen LogP contribution in [0, 0.1) is 138 Å². The summed E-state index contributed by atoms with van der Waals surface area (Å²) in [5, 5.41) is 0. The van der Waals surface area contributed by atoms with Crippen molar-refractivity contribution in [3.05, 3.63) is 184 Å². The number of alkyl halides is 24. The molecule has 1 atom stereocenters. The van der Waals surface area contributed by atoms with Gasteiger partial charge in [-0.25, -0.2) is 0 Å². The molecular formula is C70H38BrF24GaO2S2. The second-order valence-electron chi connectivity index (χ2n) is 17.3. The van der Waals surface area contributed by atoms with Gasteiger partial charge in [0.25, 0.3) is 0 Å². The monoisotopic (exact) mass is 1580 g/mol. The van der Waals surface area contributed by atoms with Crippen LogP contribution >= 0.6 is 27.7 Å². The van der Waals surface area contributed by atoms with Crippen molar-refractivity contribution in [3.63, 3.8) is 0 Å². The first-order chi connectivity index (χ1) is 46.3. The number of hydrogen-bond acceptors (Lipinski definition) is 3. The molecule has 6 aromatic rings. The van der Waals surface area contributed by atoms with Gasteiger partial charge >= 0.3 is 203 Å². The molecule has 6 aromatic carbocycles. The maximum absolute atomic E-state index is 13.0. The standard InChI is InChI=1S/C38H26BrO2S2.4C6H.4C2F6.Ga.4H2/c39-36-26-31(20-25-35(36)38(41)28-12-6-2-7-13-28)42-30-18-23-34(24-19-30)43(32-14-8-3-9-15-32)33-21-16-29(17-22-33)37(40)27-10-4-1-5-11-27;4*1-3-5-6-4-2;4*3-1(4,5)2(6,7)8;;;;;/h1-26H;4*1H;;;;;;4*1H/q+1;;;;;;;;;-1;;;;. The molecule has 0 amide bonds. The van der Waals surface area contributed by atoms with E-state index in [4.69, 9.17) is 25.7 Å². The Balaban J connectivity index is -0.000000691. The average molecular weight is 1580 g/mol. The largest absolute Gasteiger partial charge is 0.487 e. The number of halogens is 25. The minimum Gasteiger partial charge on any atom is -0.289 e. The van der Waals surface area contributed by atoms with Crippen LogP contribution in [0.25, 0.3) is 0 Å². The summed E-state index contributed by atoms with van der Waals surface area (Å²) in [4.78, 5) is 31.6. The van der Waals surface area contributed by atoms with E-state index in [0.29, 0.717) is 22.3 Å². The molecule has 0 aliphatic rings. The van der Waals surface area contributed by atoms with Crippen molar-refractivity contribution in [2.45, 2.75) is 73.9 Å². The van der Waals surface area contributed by atoms with Gasteiger partial charge in [0.1, 0.15) is 0 Å². The second-order valence-corrected chi connectivity index (χ2v) is 27.3.